The predicted molar refractivity (Wildman–Crippen MR) is 94.6 cm³/mol. The third-order valence-corrected chi connectivity index (χ3v) is 4.05. The monoisotopic (exact) mass is 339 g/mol. The van der Waals surface area contributed by atoms with Gasteiger partial charge in [0, 0.05) is 37.8 Å². The molecule has 1 aromatic carbocycles. The third-order valence-electron chi connectivity index (χ3n) is 4.05. The van der Waals surface area contributed by atoms with E-state index >= 15 is 0 Å². The Kier molecular flexibility index (Phi) is 5.28. The van der Waals surface area contributed by atoms with Gasteiger partial charge in [-0.3, -0.25) is 14.6 Å². The summed E-state index contributed by atoms with van der Waals surface area (Å²) in [4.78, 5) is 30.0. The molecule has 0 bridgehead atoms. The Morgan fingerprint density at radius 2 is 2.20 bits per heavy atom. The molecule has 1 N–H and O–H groups in total. The van der Waals surface area contributed by atoms with Crippen molar-refractivity contribution in [3.8, 4) is 5.75 Å². The summed E-state index contributed by atoms with van der Waals surface area (Å²) < 4.78 is 5.47. The van der Waals surface area contributed by atoms with Crippen molar-refractivity contribution in [2.24, 2.45) is 0 Å². The average molecular weight is 339 g/mol. The molecule has 1 aliphatic heterocycles. The molecule has 0 atom stereocenters. The minimum absolute atomic E-state index is 0.0117. The molecule has 2 aromatic rings. The van der Waals surface area contributed by atoms with Gasteiger partial charge >= 0.3 is 0 Å². The number of anilines is 1. The number of carbonyl (C=O) groups is 2. The van der Waals surface area contributed by atoms with Crippen LogP contribution in [0.1, 0.15) is 17.7 Å². The molecule has 1 aromatic heterocycles. The number of hydrogen-bond acceptors (Lipinski definition) is 4. The molecule has 0 fully saturated rings. The van der Waals surface area contributed by atoms with E-state index in [2.05, 4.69) is 10.3 Å². The summed E-state index contributed by atoms with van der Waals surface area (Å²) in [6, 6.07) is 11.4. The van der Waals surface area contributed by atoms with E-state index in [1.54, 1.807) is 11.1 Å². The highest BCUT2D eigenvalue weighted by Crippen LogP contribution is 2.32. The van der Waals surface area contributed by atoms with E-state index in [0.29, 0.717) is 25.3 Å². The number of aromatic nitrogens is 1. The van der Waals surface area contributed by atoms with Crippen molar-refractivity contribution in [2.75, 3.05) is 24.6 Å². The molecule has 6 nitrogen and oxygen atoms in total. The first-order valence-electron chi connectivity index (χ1n) is 8.34. The Labute approximate surface area is 146 Å². The van der Waals surface area contributed by atoms with Crippen molar-refractivity contribution >= 4 is 17.5 Å². The van der Waals surface area contributed by atoms with Crippen LogP contribution in [-0.4, -0.2) is 36.5 Å². The van der Waals surface area contributed by atoms with Gasteiger partial charge in [0.25, 0.3) is 5.91 Å². The van der Waals surface area contributed by atoms with Gasteiger partial charge in [-0.1, -0.05) is 12.1 Å². The van der Waals surface area contributed by atoms with Crippen molar-refractivity contribution in [3.05, 3.63) is 53.9 Å². The molecular formula is C19H21N3O3. The number of nitrogens with one attached hydrogen (secondary N) is 1. The van der Waals surface area contributed by atoms with Crippen molar-refractivity contribution in [1.29, 1.82) is 0 Å². The first-order chi connectivity index (χ1) is 12.1. The molecule has 2 heterocycles. The van der Waals surface area contributed by atoms with E-state index in [1.165, 1.54) is 0 Å². The number of carbonyl (C=O) groups excluding carboxylic acids is 2. The largest absolute Gasteiger partial charge is 0.482 e. The van der Waals surface area contributed by atoms with Gasteiger partial charge in [-0.2, -0.15) is 0 Å². The van der Waals surface area contributed by atoms with Crippen LogP contribution in [0.3, 0.4) is 0 Å². The van der Waals surface area contributed by atoms with E-state index in [0.717, 1.165) is 16.9 Å². The number of nitrogens with zero attached hydrogens (tertiary/aromatic N) is 2. The van der Waals surface area contributed by atoms with Crippen molar-refractivity contribution in [2.45, 2.75) is 19.8 Å². The lowest BCUT2D eigenvalue weighted by Crippen LogP contribution is -2.41. The Morgan fingerprint density at radius 1 is 1.32 bits per heavy atom. The summed E-state index contributed by atoms with van der Waals surface area (Å²) in [5.41, 5.74) is 2.74. The average Bonchev–Trinajstić information content (AvgIpc) is 2.62. The van der Waals surface area contributed by atoms with Crippen LogP contribution in [0.4, 0.5) is 5.69 Å². The molecule has 0 aliphatic carbocycles. The van der Waals surface area contributed by atoms with E-state index < -0.39 is 0 Å². The van der Waals surface area contributed by atoms with Crippen molar-refractivity contribution < 1.29 is 14.3 Å². The van der Waals surface area contributed by atoms with E-state index in [1.807, 2.05) is 43.3 Å². The van der Waals surface area contributed by atoms with Crippen LogP contribution in [0.5, 0.6) is 5.75 Å². The summed E-state index contributed by atoms with van der Waals surface area (Å²) in [6.45, 7) is 2.85. The summed E-state index contributed by atoms with van der Waals surface area (Å²) in [7, 11) is 0. The molecule has 1 aliphatic rings. The smallest absolute Gasteiger partial charge is 0.265 e. The predicted octanol–water partition coefficient (Wildman–Crippen LogP) is 1.86. The molecule has 0 radical (unpaired) electrons. The maximum atomic E-state index is 12.1. The van der Waals surface area contributed by atoms with Crippen molar-refractivity contribution in [3.63, 3.8) is 0 Å². The van der Waals surface area contributed by atoms with Crippen LogP contribution in [0.15, 0.2) is 42.6 Å². The first kappa shape index (κ1) is 17.0. The van der Waals surface area contributed by atoms with Gasteiger partial charge in [-0.25, -0.2) is 0 Å². The topological polar surface area (TPSA) is 71.5 Å². The van der Waals surface area contributed by atoms with Gasteiger partial charge in [0.15, 0.2) is 6.61 Å². The molecule has 6 heteroatoms. The van der Waals surface area contributed by atoms with Gasteiger partial charge < -0.3 is 15.0 Å². The summed E-state index contributed by atoms with van der Waals surface area (Å²) in [6.07, 6.45) is 2.67. The number of pyridine rings is 1. The maximum absolute atomic E-state index is 12.1. The zero-order valence-corrected chi connectivity index (χ0v) is 14.2. The number of rotatable bonds is 6. The lowest BCUT2D eigenvalue weighted by Gasteiger charge is -2.29. The molecule has 3 rings (SSSR count). The minimum Gasteiger partial charge on any atom is -0.482 e. The third kappa shape index (κ3) is 4.35. The molecule has 130 valence electrons. The molecule has 0 unspecified atom stereocenters. The van der Waals surface area contributed by atoms with Crippen molar-refractivity contribution in [1.82, 2.24) is 10.3 Å². The highest BCUT2D eigenvalue weighted by Gasteiger charge is 2.25. The van der Waals surface area contributed by atoms with E-state index in [9.17, 15) is 9.59 Å². The number of amides is 2. The fourth-order valence-electron chi connectivity index (χ4n) is 2.73. The fraction of sp³-hybridized carbons (Fsp3) is 0.316. The molecule has 2 amide bonds. The molecule has 25 heavy (non-hydrogen) atoms. The summed E-state index contributed by atoms with van der Waals surface area (Å²) in [5.74, 6) is 0.483. The Bertz CT molecular complexity index is 762. The van der Waals surface area contributed by atoms with Crippen LogP contribution >= 0.6 is 0 Å². The number of fused-ring (bicyclic) bond motifs is 1. The molecular weight excluding hydrogens is 318 g/mol. The second-order valence-electron chi connectivity index (χ2n) is 5.98. The lowest BCUT2D eigenvalue weighted by atomic mass is 10.1. The van der Waals surface area contributed by atoms with Gasteiger partial charge in [0.2, 0.25) is 5.91 Å². The second-order valence-corrected chi connectivity index (χ2v) is 5.98. The van der Waals surface area contributed by atoms with Gasteiger partial charge in [-0.15, -0.1) is 0 Å². The highest BCUT2D eigenvalue weighted by molar-refractivity contribution is 5.98. The van der Waals surface area contributed by atoms with Gasteiger partial charge in [-0.05, 0) is 36.8 Å². The number of ether oxygens (including phenoxy) is 1. The van der Waals surface area contributed by atoms with Crippen LogP contribution in [0.25, 0.3) is 0 Å². The van der Waals surface area contributed by atoms with Crippen LogP contribution in [-0.2, 0) is 16.0 Å². The summed E-state index contributed by atoms with van der Waals surface area (Å²) in [5, 5.41) is 2.87. The number of hydrogen-bond donors (Lipinski definition) is 1. The second kappa shape index (κ2) is 7.79. The van der Waals surface area contributed by atoms with Crippen LogP contribution in [0, 0.1) is 6.92 Å². The standard InChI is InChI=1S/C19H21N3O3/c1-14-5-6-16-17(12-14)25-13-19(24)22(16)11-8-18(23)21-10-7-15-4-2-3-9-20-15/h2-6,9,12H,7-8,10-11,13H2,1H3,(H,21,23). The number of benzene rings is 1. The van der Waals surface area contributed by atoms with Crippen LogP contribution in [0.2, 0.25) is 0 Å². The Morgan fingerprint density at radius 3 is 3.00 bits per heavy atom. The fourth-order valence-corrected chi connectivity index (χ4v) is 2.73. The Hall–Kier alpha value is -2.89. The zero-order chi connectivity index (χ0) is 17.6. The quantitative estimate of drug-likeness (QED) is 0.872. The first-order valence-corrected chi connectivity index (χ1v) is 8.34. The minimum atomic E-state index is -0.127. The lowest BCUT2D eigenvalue weighted by molar-refractivity contribution is -0.122. The highest BCUT2D eigenvalue weighted by atomic mass is 16.5. The Balaban J connectivity index is 1.51. The van der Waals surface area contributed by atoms with Gasteiger partial charge in [0.1, 0.15) is 5.75 Å². The molecule has 0 saturated carbocycles. The number of aryl methyl sites for hydroxylation is 1. The van der Waals surface area contributed by atoms with Gasteiger partial charge in [0.05, 0.1) is 5.69 Å². The SMILES string of the molecule is Cc1ccc2c(c1)OCC(=O)N2CCC(=O)NCCc1ccccn1. The molecule has 0 saturated heterocycles. The maximum Gasteiger partial charge on any atom is 0.265 e. The zero-order valence-electron chi connectivity index (χ0n) is 14.2. The summed E-state index contributed by atoms with van der Waals surface area (Å²) >= 11 is 0. The normalized spacial score (nSPS) is 13.2. The van der Waals surface area contributed by atoms with E-state index in [-0.39, 0.29) is 24.8 Å². The van der Waals surface area contributed by atoms with E-state index in [4.69, 9.17) is 4.74 Å². The van der Waals surface area contributed by atoms with Crippen LogP contribution < -0.4 is 15.0 Å². The molecule has 0 spiro atoms.